The van der Waals surface area contributed by atoms with Crippen molar-refractivity contribution < 1.29 is 23.1 Å². The molecule has 2 aromatic rings. The normalized spacial score (nSPS) is 10.2. The van der Waals surface area contributed by atoms with Gasteiger partial charge in [-0.1, -0.05) is 0 Å². The third-order valence-electron chi connectivity index (χ3n) is 2.93. The maximum absolute atomic E-state index is 13.4. The summed E-state index contributed by atoms with van der Waals surface area (Å²) in [6.07, 6.45) is 0. The fraction of sp³-hybridized carbons (Fsp3) is 0.200. The molecule has 1 heterocycles. The number of ether oxygens (including phenoxy) is 1. The van der Waals surface area contributed by atoms with Crippen LogP contribution in [0.2, 0.25) is 0 Å². The van der Waals surface area contributed by atoms with Gasteiger partial charge in [0.1, 0.15) is 22.3 Å². The van der Waals surface area contributed by atoms with E-state index in [1.54, 1.807) is 11.4 Å². The number of benzene rings is 1. The Kier molecular flexibility index (Phi) is 5.64. The number of amides is 2. The van der Waals surface area contributed by atoms with Gasteiger partial charge in [-0.3, -0.25) is 9.59 Å². The van der Waals surface area contributed by atoms with E-state index in [2.05, 4.69) is 10.6 Å². The zero-order valence-corrected chi connectivity index (χ0v) is 13.0. The predicted octanol–water partition coefficient (Wildman–Crippen LogP) is 2.19. The minimum absolute atomic E-state index is 0.106. The molecule has 0 atom stereocenters. The van der Waals surface area contributed by atoms with Gasteiger partial charge in [-0.15, -0.1) is 11.3 Å². The summed E-state index contributed by atoms with van der Waals surface area (Å²) in [4.78, 5) is 24.1. The van der Waals surface area contributed by atoms with E-state index in [-0.39, 0.29) is 24.6 Å². The first kappa shape index (κ1) is 16.9. The lowest BCUT2D eigenvalue weighted by Crippen LogP contribution is -2.34. The number of carbonyl (C=O) groups excluding carboxylic acids is 2. The molecule has 8 heteroatoms. The van der Waals surface area contributed by atoms with Gasteiger partial charge >= 0.3 is 0 Å². The van der Waals surface area contributed by atoms with Crippen LogP contribution in [0.1, 0.15) is 20.0 Å². The first-order valence-corrected chi connectivity index (χ1v) is 7.54. The van der Waals surface area contributed by atoms with Gasteiger partial charge in [-0.25, -0.2) is 8.78 Å². The van der Waals surface area contributed by atoms with Crippen LogP contribution in [0.3, 0.4) is 0 Å². The van der Waals surface area contributed by atoms with Gasteiger partial charge < -0.3 is 15.4 Å². The zero-order valence-electron chi connectivity index (χ0n) is 12.2. The molecule has 23 heavy (non-hydrogen) atoms. The SMILES string of the molecule is COc1ccsc1C(=O)NCCNC(=O)c1ccc(F)cc1F. The van der Waals surface area contributed by atoms with Gasteiger partial charge in [-0.2, -0.15) is 0 Å². The van der Waals surface area contributed by atoms with Crippen LogP contribution in [0.5, 0.6) is 5.75 Å². The van der Waals surface area contributed by atoms with Crippen molar-refractivity contribution in [3.8, 4) is 5.75 Å². The largest absolute Gasteiger partial charge is 0.495 e. The number of rotatable bonds is 6. The van der Waals surface area contributed by atoms with Crippen LogP contribution in [0.15, 0.2) is 29.6 Å². The smallest absolute Gasteiger partial charge is 0.265 e. The van der Waals surface area contributed by atoms with Crippen molar-refractivity contribution >= 4 is 23.2 Å². The third kappa shape index (κ3) is 4.26. The lowest BCUT2D eigenvalue weighted by Gasteiger charge is -2.08. The average Bonchev–Trinajstić information content (AvgIpc) is 2.99. The van der Waals surface area contributed by atoms with Crippen LogP contribution < -0.4 is 15.4 Å². The minimum atomic E-state index is -0.935. The summed E-state index contributed by atoms with van der Waals surface area (Å²) >= 11 is 1.24. The van der Waals surface area contributed by atoms with Gasteiger partial charge in [0.15, 0.2) is 0 Å². The molecular formula is C15H14F2N2O3S. The molecule has 0 radical (unpaired) electrons. The Morgan fingerprint density at radius 2 is 1.83 bits per heavy atom. The lowest BCUT2D eigenvalue weighted by molar-refractivity contribution is 0.0926. The highest BCUT2D eigenvalue weighted by molar-refractivity contribution is 7.12. The summed E-state index contributed by atoms with van der Waals surface area (Å²) in [5.74, 6) is -2.21. The number of hydrogen-bond acceptors (Lipinski definition) is 4. The number of methoxy groups -OCH3 is 1. The standard InChI is InChI=1S/C15H14F2N2O3S/c1-22-12-4-7-23-13(12)15(21)19-6-5-18-14(20)10-3-2-9(16)8-11(10)17/h2-4,7-8H,5-6H2,1H3,(H,18,20)(H,19,21). The highest BCUT2D eigenvalue weighted by Crippen LogP contribution is 2.23. The van der Waals surface area contributed by atoms with Crippen molar-refractivity contribution in [3.05, 3.63) is 51.7 Å². The van der Waals surface area contributed by atoms with E-state index in [1.807, 2.05) is 0 Å². The van der Waals surface area contributed by atoms with Gasteiger partial charge in [0.25, 0.3) is 11.8 Å². The summed E-state index contributed by atoms with van der Waals surface area (Å²) in [6.45, 7) is 0.267. The average molecular weight is 340 g/mol. The zero-order chi connectivity index (χ0) is 16.8. The van der Waals surface area contributed by atoms with E-state index in [9.17, 15) is 18.4 Å². The number of nitrogens with one attached hydrogen (secondary N) is 2. The second-order valence-electron chi connectivity index (χ2n) is 4.45. The second-order valence-corrected chi connectivity index (χ2v) is 5.37. The summed E-state index contributed by atoms with van der Waals surface area (Å²) in [5, 5.41) is 6.79. The van der Waals surface area contributed by atoms with Crippen LogP contribution in [-0.2, 0) is 0 Å². The fourth-order valence-electron chi connectivity index (χ4n) is 1.82. The molecule has 0 saturated carbocycles. The Morgan fingerprint density at radius 3 is 2.48 bits per heavy atom. The Balaban J connectivity index is 1.81. The molecule has 1 aromatic carbocycles. The summed E-state index contributed by atoms with van der Waals surface area (Å²) < 4.78 is 31.2. The fourth-order valence-corrected chi connectivity index (χ4v) is 2.60. The minimum Gasteiger partial charge on any atom is -0.495 e. The van der Waals surface area contributed by atoms with Gasteiger partial charge in [-0.05, 0) is 23.6 Å². The van der Waals surface area contributed by atoms with E-state index in [0.29, 0.717) is 16.7 Å². The van der Waals surface area contributed by atoms with Crippen LogP contribution in [0.25, 0.3) is 0 Å². The number of hydrogen-bond donors (Lipinski definition) is 2. The van der Waals surface area contributed by atoms with Crippen molar-refractivity contribution in [2.75, 3.05) is 20.2 Å². The lowest BCUT2D eigenvalue weighted by atomic mass is 10.2. The first-order valence-electron chi connectivity index (χ1n) is 6.66. The van der Waals surface area contributed by atoms with E-state index in [0.717, 1.165) is 12.1 Å². The molecular weight excluding hydrogens is 326 g/mol. The Bertz CT molecular complexity index is 718. The Labute approximate surface area is 135 Å². The molecule has 2 N–H and O–H groups in total. The van der Waals surface area contributed by atoms with E-state index < -0.39 is 17.5 Å². The molecule has 5 nitrogen and oxygen atoms in total. The van der Waals surface area contributed by atoms with Crippen LogP contribution in [-0.4, -0.2) is 32.0 Å². The van der Waals surface area contributed by atoms with Gasteiger partial charge in [0.2, 0.25) is 0 Å². The van der Waals surface area contributed by atoms with Gasteiger partial charge in [0, 0.05) is 19.2 Å². The molecule has 0 aliphatic carbocycles. The first-order chi connectivity index (χ1) is 11.0. The number of halogens is 2. The molecule has 122 valence electrons. The molecule has 0 saturated heterocycles. The second kappa shape index (κ2) is 7.68. The van der Waals surface area contributed by atoms with Crippen molar-refractivity contribution in [3.63, 3.8) is 0 Å². The number of carbonyl (C=O) groups is 2. The van der Waals surface area contributed by atoms with Crippen LogP contribution in [0, 0.1) is 11.6 Å². The highest BCUT2D eigenvalue weighted by atomic mass is 32.1. The molecule has 2 amide bonds. The van der Waals surface area contributed by atoms with Crippen molar-refractivity contribution in [2.45, 2.75) is 0 Å². The monoisotopic (exact) mass is 340 g/mol. The van der Waals surface area contributed by atoms with Crippen molar-refractivity contribution in [1.29, 1.82) is 0 Å². The van der Waals surface area contributed by atoms with Crippen LogP contribution >= 0.6 is 11.3 Å². The van der Waals surface area contributed by atoms with E-state index in [4.69, 9.17) is 4.74 Å². The Morgan fingerprint density at radius 1 is 1.13 bits per heavy atom. The summed E-state index contributed by atoms with van der Waals surface area (Å²) in [5.41, 5.74) is -0.252. The highest BCUT2D eigenvalue weighted by Gasteiger charge is 2.14. The maximum Gasteiger partial charge on any atom is 0.265 e. The molecule has 0 spiro atoms. The maximum atomic E-state index is 13.4. The Hall–Kier alpha value is -2.48. The molecule has 1 aromatic heterocycles. The van der Waals surface area contributed by atoms with E-state index in [1.165, 1.54) is 18.4 Å². The van der Waals surface area contributed by atoms with E-state index >= 15 is 0 Å². The molecule has 2 rings (SSSR count). The van der Waals surface area contributed by atoms with Crippen molar-refractivity contribution in [1.82, 2.24) is 10.6 Å². The third-order valence-corrected chi connectivity index (χ3v) is 3.82. The molecule has 0 fully saturated rings. The quantitative estimate of drug-likeness (QED) is 0.792. The van der Waals surface area contributed by atoms with Crippen molar-refractivity contribution in [2.24, 2.45) is 0 Å². The predicted molar refractivity (Wildman–Crippen MR) is 81.9 cm³/mol. The number of thiophene rings is 1. The topological polar surface area (TPSA) is 67.4 Å². The van der Waals surface area contributed by atoms with Gasteiger partial charge in [0.05, 0.1) is 12.7 Å². The molecule has 0 aliphatic rings. The molecule has 0 unspecified atom stereocenters. The van der Waals surface area contributed by atoms with Crippen LogP contribution in [0.4, 0.5) is 8.78 Å². The molecule has 0 bridgehead atoms. The summed E-state index contributed by atoms with van der Waals surface area (Å²) in [6, 6.07) is 4.39. The summed E-state index contributed by atoms with van der Waals surface area (Å²) in [7, 11) is 1.47. The molecule has 0 aliphatic heterocycles.